The van der Waals surface area contributed by atoms with E-state index >= 15 is 4.39 Å². The van der Waals surface area contributed by atoms with E-state index in [0.29, 0.717) is 18.4 Å². The first-order valence-electron chi connectivity index (χ1n) is 13.3. The molecule has 9 unspecified atom stereocenters. The van der Waals surface area contributed by atoms with E-state index in [0.717, 1.165) is 38.6 Å². The van der Waals surface area contributed by atoms with Crippen molar-refractivity contribution in [1.82, 2.24) is 15.1 Å². The Kier molecular flexibility index (Phi) is 7.02. The van der Waals surface area contributed by atoms with E-state index in [9.17, 15) is 14.7 Å². The van der Waals surface area contributed by atoms with Crippen molar-refractivity contribution in [3.8, 4) is 0 Å². The SMILES string of the molecule is CN(C)CCCCNC1C(F)CC2C(=O)C(C(=O)O)=CN3C4CCC5CCCCC5C4OC1C23. The predicted molar refractivity (Wildman–Crippen MR) is 126 cm³/mol. The lowest BCUT2D eigenvalue weighted by molar-refractivity contribution is -0.220. The van der Waals surface area contributed by atoms with Crippen molar-refractivity contribution >= 4 is 11.8 Å². The van der Waals surface area contributed by atoms with Gasteiger partial charge in [0.1, 0.15) is 11.7 Å². The summed E-state index contributed by atoms with van der Waals surface area (Å²) in [6.45, 7) is 1.70. The summed E-state index contributed by atoms with van der Waals surface area (Å²) in [5.74, 6) is -1.22. The fraction of sp³-hybridized carbons (Fsp3) is 0.846. The van der Waals surface area contributed by atoms with E-state index in [1.54, 1.807) is 6.20 Å². The number of aliphatic carboxylic acids is 1. The highest BCUT2D eigenvalue weighted by Crippen LogP contribution is 2.50. The summed E-state index contributed by atoms with van der Waals surface area (Å²) in [7, 11) is 4.10. The standard InChI is InChI=1S/C26H40FN3O4/c1-29(2)12-6-5-11-28-21-19(27)13-17-22-25(21)34-24-16-8-4-3-7-15(16)9-10-20(24)30(22)14-18(23(17)31)26(32)33/h14-17,19-22,24-25,28H,3-13H2,1-2H3,(H,32,33). The van der Waals surface area contributed by atoms with E-state index in [1.165, 1.54) is 19.3 Å². The minimum atomic E-state index is -1.23. The average molecular weight is 478 g/mol. The number of hydrogen-bond donors (Lipinski definition) is 2. The van der Waals surface area contributed by atoms with Crippen LogP contribution < -0.4 is 5.32 Å². The topological polar surface area (TPSA) is 82.1 Å². The van der Waals surface area contributed by atoms with E-state index in [4.69, 9.17) is 4.74 Å². The first-order valence-corrected chi connectivity index (χ1v) is 13.3. The lowest BCUT2D eigenvalue weighted by Gasteiger charge is -2.61. The molecule has 8 heteroatoms. The molecule has 3 saturated carbocycles. The van der Waals surface area contributed by atoms with Gasteiger partial charge in [0.25, 0.3) is 0 Å². The molecule has 2 heterocycles. The van der Waals surface area contributed by atoms with Crippen LogP contribution in [-0.4, -0.2) is 90.3 Å². The van der Waals surface area contributed by atoms with E-state index < -0.39 is 36.0 Å². The van der Waals surface area contributed by atoms with Gasteiger partial charge in [0.05, 0.1) is 30.3 Å². The van der Waals surface area contributed by atoms with Crippen LogP contribution in [0.5, 0.6) is 0 Å². The molecule has 7 nitrogen and oxygen atoms in total. The van der Waals surface area contributed by atoms with Gasteiger partial charge in [0.2, 0.25) is 0 Å². The Hall–Kier alpha value is -1.51. The Labute approximate surface area is 202 Å². The second-order valence-electron chi connectivity index (χ2n) is 11.4. The van der Waals surface area contributed by atoms with Gasteiger partial charge in [0.15, 0.2) is 5.78 Å². The number of nitrogens with one attached hydrogen (secondary N) is 1. The molecule has 1 saturated heterocycles. The molecule has 5 rings (SSSR count). The molecule has 2 N–H and O–H groups in total. The van der Waals surface area contributed by atoms with Gasteiger partial charge in [-0.1, -0.05) is 19.3 Å². The number of rotatable bonds is 7. The Morgan fingerprint density at radius 2 is 2.00 bits per heavy atom. The first-order chi connectivity index (χ1) is 16.4. The maximum absolute atomic E-state index is 15.6. The molecule has 0 aromatic rings. The predicted octanol–water partition coefficient (Wildman–Crippen LogP) is 2.60. The third-order valence-corrected chi connectivity index (χ3v) is 9.14. The van der Waals surface area contributed by atoms with Crippen LogP contribution in [0.4, 0.5) is 4.39 Å². The van der Waals surface area contributed by atoms with E-state index in [2.05, 4.69) is 29.2 Å². The number of halogens is 1. The Morgan fingerprint density at radius 3 is 2.76 bits per heavy atom. The molecule has 3 aliphatic carbocycles. The lowest BCUT2D eigenvalue weighted by atomic mass is 9.64. The van der Waals surface area contributed by atoms with Gasteiger partial charge in [-0.05, 0) is 77.5 Å². The van der Waals surface area contributed by atoms with Crippen molar-refractivity contribution in [2.24, 2.45) is 17.8 Å². The van der Waals surface area contributed by atoms with Crippen LogP contribution in [-0.2, 0) is 14.3 Å². The number of ether oxygens (including phenoxy) is 1. The molecule has 5 aliphatic rings. The van der Waals surface area contributed by atoms with Gasteiger partial charge < -0.3 is 25.0 Å². The van der Waals surface area contributed by atoms with Crippen molar-refractivity contribution in [2.75, 3.05) is 27.2 Å². The monoisotopic (exact) mass is 477 g/mol. The highest BCUT2D eigenvalue weighted by atomic mass is 19.1. The molecule has 2 aliphatic heterocycles. The highest BCUT2D eigenvalue weighted by Gasteiger charge is 2.60. The van der Waals surface area contributed by atoms with Gasteiger partial charge in [-0.3, -0.25) is 4.79 Å². The van der Waals surface area contributed by atoms with Crippen LogP contribution in [0.3, 0.4) is 0 Å². The molecule has 0 aromatic carbocycles. The number of Topliss-reactive ketones (excluding diaryl/α,β-unsaturated/α-hetero) is 1. The van der Waals surface area contributed by atoms with Crippen LogP contribution in [0.15, 0.2) is 11.8 Å². The summed E-state index contributed by atoms with van der Waals surface area (Å²) >= 11 is 0. The molecule has 0 bridgehead atoms. The molecule has 0 spiro atoms. The number of ketones is 1. The number of fused-ring (bicyclic) bond motifs is 4. The summed E-state index contributed by atoms with van der Waals surface area (Å²) in [5.41, 5.74) is -0.186. The average Bonchev–Trinajstić information content (AvgIpc) is 2.81. The molecular weight excluding hydrogens is 437 g/mol. The third-order valence-electron chi connectivity index (χ3n) is 9.14. The summed E-state index contributed by atoms with van der Waals surface area (Å²) in [6.07, 6.45) is 8.80. The summed E-state index contributed by atoms with van der Waals surface area (Å²) < 4.78 is 22.5. The first kappa shape index (κ1) is 24.2. The van der Waals surface area contributed by atoms with Crippen molar-refractivity contribution in [3.63, 3.8) is 0 Å². The summed E-state index contributed by atoms with van der Waals surface area (Å²) in [6, 6.07) is -0.689. The zero-order chi connectivity index (χ0) is 24.0. The Balaban J connectivity index is 1.42. The number of morpholine rings is 1. The molecule has 0 amide bonds. The zero-order valence-corrected chi connectivity index (χ0v) is 20.5. The normalized spacial score (nSPS) is 41.4. The van der Waals surface area contributed by atoms with Gasteiger partial charge in [-0.15, -0.1) is 0 Å². The van der Waals surface area contributed by atoms with Crippen molar-refractivity contribution in [2.45, 2.75) is 94.3 Å². The largest absolute Gasteiger partial charge is 0.478 e. The number of carboxylic acids is 1. The Morgan fingerprint density at radius 1 is 1.21 bits per heavy atom. The number of nitrogens with zero attached hydrogens (tertiary/aromatic N) is 2. The van der Waals surface area contributed by atoms with Crippen LogP contribution in [0.25, 0.3) is 0 Å². The quantitative estimate of drug-likeness (QED) is 0.431. The fourth-order valence-corrected chi connectivity index (χ4v) is 7.58. The van der Waals surface area contributed by atoms with Gasteiger partial charge in [-0.25, -0.2) is 9.18 Å². The molecular formula is C26H40FN3O4. The Bertz CT molecular complexity index is 820. The third kappa shape index (κ3) is 4.30. The highest BCUT2D eigenvalue weighted by molar-refractivity contribution is 6.18. The second kappa shape index (κ2) is 9.86. The molecule has 190 valence electrons. The van der Waals surface area contributed by atoms with E-state index in [-0.39, 0.29) is 30.2 Å². The number of alkyl halides is 1. The lowest BCUT2D eigenvalue weighted by Crippen LogP contribution is -2.74. The summed E-state index contributed by atoms with van der Waals surface area (Å²) in [4.78, 5) is 29.3. The van der Waals surface area contributed by atoms with Gasteiger partial charge >= 0.3 is 5.97 Å². The van der Waals surface area contributed by atoms with Crippen LogP contribution >= 0.6 is 0 Å². The number of unbranched alkanes of at least 4 members (excludes halogenated alkanes) is 1. The maximum Gasteiger partial charge on any atom is 0.340 e. The van der Waals surface area contributed by atoms with Gasteiger partial charge in [-0.2, -0.15) is 0 Å². The van der Waals surface area contributed by atoms with Crippen molar-refractivity contribution < 1.29 is 23.8 Å². The van der Waals surface area contributed by atoms with Crippen LogP contribution in [0.1, 0.15) is 57.8 Å². The zero-order valence-electron chi connectivity index (χ0n) is 20.5. The molecule has 0 aromatic heterocycles. The molecule has 34 heavy (non-hydrogen) atoms. The molecule has 9 atom stereocenters. The van der Waals surface area contributed by atoms with Crippen LogP contribution in [0.2, 0.25) is 0 Å². The maximum atomic E-state index is 15.6. The minimum absolute atomic E-state index is 0.0243. The van der Waals surface area contributed by atoms with Crippen molar-refractivity contribution in [1.29, 1.82) is 0 Å². The van der Waals surface area contributed by atoms with Crippen LogP contribution in [0, 0.1) is 17.8 Å². The smallest absolute Gasteiger partial charge is 0.340 e. The number of carboxylic acid groups (broad SMARTS) is 1. The van der Waals surface area contributed by atoms with Gasteiger partial charge in [0, 0.05) is 12.1 Å². The molecule has 4 fully saturated rings. The molecule has 0 radical (unpaired) electrons. The number of carbonyl (C=O) groups excluding carboxylic acids is 1. The van der Waals surface area contributed by atoms with E-state index in [1.807, 2.05) is 0 Å². The van der Waals surface area contributed by atoms with Crippen molar-refractivity contribution in [3.05, 3.63) is 11.8 Å². The fourth-order valence-electron chi connectivity index (χ4n) is 7.58. The summed E-state index contributed by atoms with van der Waals surface area (Å²) in [5, 5.41) is 13.2. The second-order valence-corrected chi connectivity index (χ2v) is 11.4. The minimum Gasteiger partial charge on any atom is -0.478 e. The number of hydrogen-bond acceptors (Lipinski definition) is 6. The number of carbonyl (C=O) groups is 2.